The number of rotatable bonds is 8. The molecule has 4 heteroatoms. The van der Waals surface area contributed by atoms with Crippen LogP contribution in [-0.4, -0.2) is 44.3 Å². The van der Waals surface area contributed by atoms with E-state index in [-0.39, 0.29) is 0 Å². The Morgan fingerprint density at radius 2 is 2.33 bits per heavy atom. The Morgan fingerprint density at radius 3 is 2.89 bits per heavy atom. The highest BCUT2D eigenvalue weighted by Gasteiger charge is 2.25. The van der Waals surface area contributed by atoms with E-state index >= 15 is 0 Å². The molecule has 1 heterocycles. The van der Waals surface area contributed by atoms with Crippen molar-refractivity contribution in [1.29, 1.82) is 0 Å². The van der Waals surface area contributed by atoms with Crippen molar-refractivity contribution in [2.45, 2.75) is 37.9 Å². The number of thiophene rings is 1. The normalized spacial score (nSPS) is 19.1. The van der Waals surface area contributed by atoms with Crippen molar-refractivity contribution in [2.75, 3.05) is 27.3 Å². The Kier molecular flexibility index (Phi) is 5.18. The molecule has 0 spiro atoms. The highest BCUT2D eigenvalue weighted by Crippen LogP contribution is 2.25. The van der Waals surface area contributed by atoms with Crippen LogP contribution in [0.1, 0.15) is 30.7 Å². The second kappa shape index (κ2) is 6.66. The lowest BCUT2D eigenvalue weighted by Gasteiger charge is -2.32. The monoisotopic (exact) mass is 268 g/mol. The van der Waals surface area contributed by atoms with E-state index in [1.807, 2.05) is 11.3 Å². The molecule has 1 fully saturated rings. The first-order valence-corrected chi connectivity index (χ1v) is 7.58. The topological polar surface area (TPSA) is 24.5 Å². The first kappa shape index (κ1) is 14.0. The Bertz CT molecular complexity index is 338. The van der Waals surface area contributed by atoms with Gasteiger partial charge in [-0.15, -0.1) is 11.3 Å². The molecule has 0 aliphatic heterocycles. The van der Waals surface area contributed by atoms with Crippen molar-refractivity contribution < 1.29 is 4.74 Å². The van der Waals surface area contributed by atoms with Gasteiger partial charge in [0.1, 0.15) is 0 Å². The zero-order chi connectivity index (χ0) is 13.0. The van der Waals surface area contributed by atoms with Gasteiger partial charge in [-0.3, -0.25) is 4.90 Å². The molecule has 1 aliphatic carbocycles. The lowest BCUT2D eigenvalue weighted by atomic mass is 10.2. The molecule has 1 aromatic heterocycles. The van der Waals surface area contributed by atoms with Gasteiger partial charge in [0.15, 0.2) is 0 Å². The number of nitrogens with one attached hydrogen (secondary N) is 1. The molecule has 18 heavy (non-hydrogen) atoms. The van der Waals surface area contributed by atoms with E-state index in [1.165, 1.54) is 17.7 Å². The first-order chi connectivity index (χ1) is 8.72. The van der Waals surface area contributed by atoms with E-state index in [2.05, 4.69) is 41.7 Å². The summed E-state index contributed by atoms with van der Waals surface area (Å²) in [6.45, 7) is 4.07. The van der Waals surface area contributed by atoms with Crippen LogP contribution in [0.15, 0.2) is 17.5 Å². The molecule has 0 aromatic carbocycles. The van der Waals surface area contributed by atoms with Crippen LogP contribution in [0.4, 0.5) is 0 Å². The number of methoxy groups -OCH3 is 1. The Hall–Kier alpha value is -0.420. The summed E-state index contributed by atoms with van der Waals surface area (Å²) in [6.07, 6.45) is 2.67. The number of hydrogen-bond donors (Lipinski definition) is 1. The van der Waals surface area contributed by atoms with Gasteiger partial charge in [0, 0.05) is 36.7 Å². The van der Waals surface area contributed by atoms with Gasteiger partial charge < -0.3 is 10.1 Å². The molecule has 2 atom stereocenters. The Morgan fingerprint density at radius 1 is 1.56 bits per heavy atom. The highest BCUT2D eigenvalue weighted by atomic mass is 32.1. The lowest BCUT2D eigenvalue weighted by molar-refractivity contribution is 0.0843. The van der Waals surface area contributed by atoms with Gasteiger partial charge in [0.05, 0.1) is 6.61 Å². The van der Waals surface area contributed by atoms with Crippen molar-refractivity contribution in [3.63, 3.8) is 0 Å². The van der Waals surface area contributed by atoms with Crippen LogP contribution in [0.3, 0.4) is 0 Å². The summed E-state index contributed by atoms with van der Waals surface area (Å²) in [4.78, 5) is 3.84. The molecule has 1 saturated carbocycles. The average Bonchev–Trinajstić information content (AvgIpc) is 3.04. The zero-order valence-corrected chi connectivity index (χ0v) is 12.4. The summed E-state index contributed by atoms with van der Waals surface area (Å²) in [5.41, 5.74) is 0. The van der Waals surface area contributed by atoms with Crippen LogP contribution in [0.5, 0.6) is 0 Å². The fraction of sp³-hybridized carbons (Fsp3) is 0.714. The predicted molar refractivity (Wildman–Crippen MR) is 77.2 cm³/mol. The van der Waals surface area contributed by atoms with Crippen LogP contribution in [0.2, 0.25) is 0 Å². The Labute approximate surface area is 114 Å². The maximum atomic E-state index is 5.37. The van der Waals surface area contributed by atoms with Crippen molar-refractivity contribution in [3.05, 3.63) is 22.4 Å². The minimum absolute atomic E-state index is 0.438. The first-order valence-electron chi connectivity index (χ1n) is 6.70. The van der Waals surface area contributed by atoms with E-state index < -0.39 is 0 Å². The summed E-state index contributed by atoms with van der Waals surface area (Å²) in [6, 6.07) is 5.98. The lowest BCUT2D eigenvalue weighted by Crippen LogP contribution is -2.44. The van der Waals surface area contributed by atoms with Gasteiger partial charge in [0.2, 0.25) is 0 Å². The molecule has 0 saturated heterocycles. The SMILES string of the molecule is COCC(CNC1CC1)N(C)C(C)c1cccs1. The highest BCUT2D eigenvalue weighted by molar-refractivity contribution is 7.10. The molecule has 2 unspecified atom stereocenters. The molecule has 1 N–H and O–H groups in total. The minimum Gasteiger partial charge on any atom is -0.383 e. The molecule has 1 aliphatic rings. The summed E-state index contributed by atoms with van der Waals surface area (Å²) < 4.78 is 5.37. The number of likely N-dealkylation sites (N-methyl/N-ethyl adjacent to an activating group) is 1. The van der Waals surface area contributed by atoms with Crippen LogP contribution >= 0.6 is 11.3 Å². The molecule has 0 amide bonds. The third-order valence-corrected chi connectivity index (χ3v) is 4.76. The molecular formula is C14H24N2OS. The van der Waals surface area contributed by atoms with Crippen LogP contribution in [0.25, 0.3) is 0 Å². The number of ether oxygens (including phenoxy) is 1. The minimum atomic E-state index is 0.438. The van der Waals surface area contributed by atoms with Crippen molar-refractivity contribution >= 4 is 11.3 Å². The van der Waals surface area contributed by atoms with E-state index in [1.54, 1.807) is 7.11 Å². The van der Waals surface area contributed by atoms with Crippen LogP contribution < -0.4 is 5.32 Å². The van der Waals surface area contributed by atoms with Gasteiger partial charge >= 0.3 is 0 Å². The second-order valence-electron chi connectivity index (χ2n) is 5.15. The zero-order valence-electron chi connectivity index (χ0n) is 11.6. The third kappa shape index (κ3) is 3.79. The molecule has 0 radical (unpaired) electrons. The van der Waals surface area contributed by atoms with Gasteiger partial charge in [-0.05, 0) is 38.3 Å². The maximum absolute atomic E-state index is 5.37. The largest absolute Gasteiger partial charge is 0.383 e. The van der Waals surface area contributed by atoms with E-state index in [9.17, 15) is 0 Å². The second-order valence-corrected chi connectivity index (χ2v) is 6.13. The Balaban J connectivity index is 1.90. The van der Waals surface area contributed by atoms with Gasteiger partial charge in [-0.25, -0.2) is 0 Å². The smallest absolute Gasteiger partial charge is 0.0630 e. The van der Waals surface area contributed by atoms with E-state index in [0.717, 1.165) is 19.2 Å². The average molecular weight is 268 g/mol. The molecule has 2 rings (SSSR count). The quantitative estimate of drug-likeness (QED) is 0.784. The van der Waals surface area contributed by atoms with E-state index in [4.69, 9.17) is 4.74 Å². The van der Waals surface area contributed by atoms with Crippen LogP contribution in [0, 0.1) is 0 Å². The standard InChI is InChI=1S/C14H24N2OS/c1-11(14-5-4-8-18-14)16(2)13(10-17-3)9-15-12-6-7-12/h4-5,8,11-13,15H,6-7,9-10H2,1-3H3. The van der Waals surface area contributed by atoms with Crippen molar-refractivity contribution in [2.24, 2.45) is 0 Å². The van der Waals surface area contributed by atoms with E-state index in [0.29, 0.717) is 12.1 Å². The van der Waals surface area contributed by atoms with Gasteiger partial charge in [-0.2, -0.15) is 0 Å². The fourth-order valence-corrected chi connectivity index (χ4v) is 2.98. The number of hydrogen-bond acceptors (Lipinski definition) is 4. The summed E-state index contributed by atoms with van der Waals surface area (Å²) >= 11 is 1.83. The number of nitrogens with zero attached hydrogens (tertiary/aromatic N) is 1. The predicted octanol–water partition coefficient (Wildman–Crippen LogP) is 2.51. The van der Waals surface area contributed by atoms with Crippen molar-refractivity contribution in [3.8, 4) is 0 Å². The van der Waals surface area contributed by atoms with Gasteiger partial charge in [-0.1, -0.05) is 6.07 Å². The van der Waals surface area contributed by atoms with Crippen molar-refractivity contribution in [1.82, 2.24) is 10.2 Å². The molecule has 3 nitrogen and oxygen atoms in total. The van der Waals surface area contributed by atoms with Gasteiger partial charge in [0.25, 0.3) is 0 Å². The third-order valence-electron chi connectivity index (χ3n) is 3.72. The fourth-order valence-electron chi connectivity index (χ4n) is 2.15. The molecule has 102 valence electrons. The molecule has 1 aromatic rings. The maximum Gasteiger partial charge on any atom is 0.0630 e. The summed E-state index contributed by atoms with van der Waals surface area (Å²) in [5.74, 6) is 0. The molecular weight excluding hydrogens is 244 g/mol. The summed E-state index contributed by atoms with van der Waals surface area (Å²) in [7, 11) is 3.98. The molecule has 0 bridgehead atoms. The van der Waals surface area contributed by atoms with Crippen LogP contribution in [-0.2, 0) is 4.74 Å². The summed E-state index contributed by atoms with van der Waals surface area (Å²) in [5, 5.41) is 5.75.